The molecule has 1 aromatic carbocycles. The molecule has 7 heteroatoms. The van der Waals surface area contributed by atoms with E-state index in [1.807, 2.05) is 0 Å². The molecule has 6 nitrogen and oxygen atoms in total. The molecule has 0 aliphatic rings. The molecule has 3 N–H and O–H groups in total. The minimum absolute atomic E-state index is 0.340. The predicted molar refractivity (Wildman–Crippen MR) is 78.3 cm³/mol. The van der Waals surface area contributed by atoms with E-state index in [-0.39, 0.29) is 5.91 Å². The Morgan fingerprint density at radius 2 is 2.20 bits per heavy atom. The minimum atomic E-state index is -0.340. The third-order valence-corrected chi connectivity index (χ3v) is 3.14. The van der Waals surface area contributed by atoms with Crippen LogP contribution in [-0.4, -0.2) is 22.8 Å². The number of nitrogens with two attached hydrogens (primary N) is 1. The van der Waals surface area contributed by atoms with E-state index in [9.17, 15) is 4.79 Å². The van der Waals surface area contributed by atoms with Crippen LogP contribution in [0.1, 0.15) is 16.1 Å². The number of nitrogens with zero attached hydrogens (tertiary/aromatic N) is 2. The number of aryl methyl sites for hydroxylation is 2. The molecule has 0 saturated carbocycles. The second-order valence-electron chi connectivity index (χ2n) is 4.27. The van der Waals surface area contributed by atoms with Crippen LogP contribution in [0.25, 0.3) is 0 Å². The standard InChI is InChI=1S/C13H15ClN4O2/c1-7-11(15)12(18(2)17-7)16-13(19)9-5-4-8(14)6-10(9)20-3/h4-6H,15H2,1-3H3,(H,16,19). The summed E-state index contributed by atoms with van der Waals surface area (Å²) in [6.45, 7) is 1.77. The molecule has 1 aromatic heterocycles. The van der Waals surface area contributed by atoms with Crippen molar-refractivity contribution in [2.24, 2.45) is 7.05 Å². The summed E-state index contributed by atoms with van der Waals surface area (Å²) in [6, 6.07) is 4.79. The number of ether oxygens (including phenoxy) is 1. The Kier molecular flexibility index (Phi) is 3.85. The van der Waals surface area contributed by atoms with Crippen molar-refractivity contribution in [1.82, 2.24) is 9.78 Å². The lowest BCUT2D eigenvalue weighted by atomic mass is 10.2. The van der Waals surface area contributed by atoms with E-state index in [4.69, 9.17) is 22.1 Å². The third kappa shape index (κ3) is 2.55. The van der Waals surface area contributed by atoms with Crippen LogP contribution in [0.5, 0.6) is 5.75 Å². The molecule has 2 rings (SSSR count). The van der Waals surface area contributed by atoms with Crippen molar-refractivity contribution in [3.8, 4) is 5.75 Å². The van der Waals surface area contributed by atoms with Crippen LogP contribution in [0.15, 0.2) is 18.2 Å². The average molecular weight is 295 g/mol. The van der Waals surface area contributed by atoms with Crippen molar-refractivity contribution in [3.05, 3.63) is 34.5 Å². The molecule has 106 valence electrons. The zero-order valence-electron chi connectivity index (χ0n) is 11.4. The van der Waals surface area contributed by atoms with Gasteiger partial charge < -0.3 is 15.8 Å². The minimum Gasteiger partial charge on any atom is -0.496 e. The van der Waals surface area contributed by atoms with Gasteiger partial charge in [-0.1, -0.05) is 11.6 Å². The van der Waals surface area contributed by atoms with Gasteiger partial charge in [0.25, 0.3) is 5.91 Å². The lowest BCUT2D eigenvalue weighted by molar-refractivity contribution is 0.102. The van der Waals surface area contributed by atoms with Crippen LogP contribution in [0, 0.1) is 6.92 Å². The second kappa shape index (κ2) is 5.42. The maximum absolute atomic E-state index is 12.3. The summed E-state index contributed by atoms with van der Waals surface area (Å²) in [6.07, 6.45) is 0. The van der Waals surface area contributed by atoms with Crippen molar-refractivity contribution in [2.45, 2.75) is 6.92 Å². The van der Waals surface area contributed by atoms with Gasteiger partial charge in [-0.2, -0.15) is 5.10 Å². The number of nitrogen functional groups attached to an aromatic ring is 1. The van der Waals surface area contributed by atoms with Crippen molar-refractivity contribution < 1.29 is 9.53 Å². The number of carbonyl (C=O) groups excluding carboxylic acids is 1. The number of carbonyl (C=O) groups is 1. The second-order valence-corrected chi connectivity index (χ2v) is 4.71. The fourth-order valence-corrected chi connectivity index (χ4v) is 2.01. The summed E-state index contributed by atoms with van der Waals surface area (Å²) in [4.78, 5) is 12.3. The smallest absolute Gasteiger partial charge is 0.260 e. The summed E-state index contributed by atoms with van der Waals surface area (Å²) >= 11 is 5.87. The fourth-order valence-electron chi connectivity index (χ4n) is 1.85. The van der Waals surface area contributed by atoms with E-state index in [1.165, 1.54) is 11.8 Å². The highest BCUT2D eigenvalue weighted by molar-refractivity contribution is 6.31. The number of aromatic nitrogens is 2. The van der Waals surface area contributed by atoms with Crippen LogP contribution in [-0.2, 0) is 7.05 Å². The third-order valence-electron chi connectivity index (χ3n) is 2.91. The summed E-state index contributed by atoms with van der Waals surface area (Å²) in [7, 11) is 3.18. The zero-order valence-corrected chi connectivity index (χ0v) is 12.2. The van der Waals surface area contributed by atoms with Crippen molar-refractivity contribution in [3.63, 3.8) is 0 Å². The van der Waals surface area contributed by atoms with E-state index in [1.54, 1.807) is 32.2 Å². The first-order chi connectivity index (χ1) is 9.43. The van der Waals surface area contributed by atoms with Crippen LogP contribution in [0.3, 0.4) is 0 Å². The number of nitrogens with one attached hydrogen (secondary N) is 1. The molecule has 0 saturated heterocycles. The van der Waals surface area contributed by atoms with Gasteiger partial charge in [0.05, 0.1) is 24.1 Å². The fraction of sp³-hybridized carbons (Fsp3) is 0.231. The van der Waals surface area contributed by atoms with E-state index in [2.05, 4.69) is 10.4 Å². The highest BCUT2D eigenvalue weighted by Gasteiger charge is 2.17. The first kappa shape index (κ1) is 14.2. The molecule has 0 fully saturated rings. The number of hydrogen-bond acceptors (Lipinski definition) is 4. The van der Waals surface area contributed by atoms with Crippen molar-refractivity contribution in [2.75, 3.05) is 18.2 Å². The van der Waals surface area contributed by atoms with Gasteiger partial charge in [0, 0.05) is 12.1 Å². The largest absolute Gasteiger partial charge is 0.496 e. The Bertz CT molecular complexity index is 667. The van der Waals surface area contributed by atoms with Gasteiger partial charge in [-0.3, -0.25) is 9.48 Å². The molecule has 0 spiro atoms. The molecular formula is C13H15ClN4O2. The molecule has 0 bridgehead atoms. The number of anilines is 2. The van der Waals surface area contributed by atoms with E-state index in [0.717, 1.165) is 0 Å². The first-order valence-electron chi connectivity index (χ1n) is 5.88. The Morgan fingerprint density at radius 1 is 1.50 bits per heavy atom. The Morgan fingerprint density at radius 3 is 2.75 bits per heavy atom. The van der Waals surface area contributed by atoms with E-state index in [0.29, 0.717) is 33.5 Å². The zero-order chi connectivity index (χ0) is 14.9. The van der Waals surface area contributed by atoms with Crippen molar-refractivity contribution >= 4 is 29.0 Å². The molecule has 0 aliphatic carbocycles. The maximum atomic E-state index is 12.3. The lowest BCUT2D eigenvalue weighted by Crippen LogP contribution is -2.16. The average Bonchev–Trinajstić information content (AvgIpc) is 2.65. The van der Waals surface area contributed by atoms with Gasteiger partial charge >= 0.3 is 0 Å². The molecule has 0 aliphatic heterocycles. The monoisotopic (exact) mass is 294 g/mol. The summed E-state index contributed by atoms with van der Waals surface area (Å²) in [5, 5.41) is 7.36. The Labute approximate surface area is 121 Å². The van der Waals surface area contributed by atoms with Crippen LogP contribution < -0.4 is 15.8 Å². The summed E-state index contributed by atoms with van der Waals surface area (Å²) < 4.78 is 6.67. The number of halogens is 1. The topological polar surface area (TPSA) is 82.2 Å². The number of benzene rings is 1. The number of amides is 1. The van der Waals surface area contributed by atoms with Crippen LogP contribution in [0.4, 0.5) is 11.5 Å². The summed E-state index contributed by atoms with van der Waals surface area (Å²) in [5.41, 5.74) is 7.34. The molecular weight excluding hydrogens is 280 g/mol. The van der Waals surface area contributed by atoms with Gasteiger partial charge in [-0.15, -0.1) is 0 Å². The highest BCUT2D eigenvalue weighted by Crippen LogP contribution is 2.26. The Hall–Kier alpha value is -2.21. The maximum Gasteiger partial charge on any atom is 0.260 e. The lowest BCUT2D eigenvalue weighted by Gasteiger charge is -2.10. The van der Waals surface area contributed by atoms with E-state index >= 15 is 0 Å². The first-order valence-corrected chi connectivity index (χ1v) is 6.25. The van der Waals surface area contributed by atoms with E-state index < -0.39 is 0 Å². The van der Waals surface area contributed by atoms with Gasteiger partial charge in [0.15, 0.2) is 5.82 Å². The predicted octanol–water partition coefficient (Wildman–Crippen LogP) is 2.23. The molecule has 2 aromatic rings. The van der Waals surface area contributed by atoms with Crippen LogP contribution >= 0.6 is 11.6 Å². The summed E-state index contributed by atoms with van der Waals surface area (Å²) in [5.74, 6) is 0.505. The molecule has 0 atom stereocenters. The molecule has 1 amide bonds. The normalized spacial score (nSPS) is 10.4. The molecule has 0 unspecified atom stereocenters. The Balaban J connectivity index is 2.33. The van der Waals surface area contributed by atoms with Gasteiger partial charge in [-0.05, 0) is 25.1 Å². The van der Waals surface area contributed by atoms with Gasteiger partial charge in [-0.25, -0.2) is 0 Å². The number of rotatable bonds is 3. The van der Waals surface area contributed by atoms with Gasteiger partial charge in [0.1, 0.15) is 5.75 Å². The highest BCUT2D eigenvalue weighted by atomic mass is 35.5. The number of hydrogen-bond donors (Lipinski definition) is 2. The quantitative estimate of drug-likeness (QED) is 0.909. The SMILES string of the molecule is COc1cc(Cl)ccc1C(=O)Nc1c(N)c(C)nn1C. The number of methoxy groups -OCH3 is 1. The molecule has 1 heterocycles. The van der Waals surface area contributed by atoms with Crippen LogP contribution in [0.2, 0.25) is 5.02 Å². The molecule has 0 radical (unpaired) electrons. The molecule has 20 heavy (non-hydrogen) atoms. The van der Waals surface area contributed by atoms with Crippen molar-refractivity contribution in [1.29, 1.82) is 0 Å². The van der Waals surface area contributed by atoms with Gasteiger partial charge in [0.2, 0.25) is 0 Å².